The van der Waals surface area contributed by atoms with E-state index in [0.717, 1.165) is 0 Å². The van der Waals surface area contributed by atoms with E-state index in [1.807, 2.05) is 6.92 Å². The summed E-state index contributed by atoms with van der Waals surface area (Å²) < 4.78 is 10.3. The van der Waals surface area contributed by atoms with Gasteiger partial charge in [0.1, 0.15) is 5.75 Å². The summed E-state index contributed by atoms with van der Waals surface area (Å²) in [7, 11) is 1.63. The van der Waals surface area contributed by atoms with Gasteiger partial charge in [0.05, 0.1) is 11.1 Å². The standard InChI is InChI=1S/C12H13ClN2O3/c1-7(17-2)5-11-14-12(18-15-11)8-3-4-10(16)9(13)6-8/h3-4,6-7,16H,5H2,1-2H3. The summed E-state index contributed by atoms with van der Waals surface area (Å²) in [6.45, 7) is 1.92. The van der Waals surface area contributed by atoms with Crippen molar-refractivity contribution in [2.24, 2.45) is 0 Å². The zero-order chi connectivity index (χ0) is 13.1. The molecule has 0 saturated carbocycles. The fourth-order valence-electron chi connectivity index (χ4n) is 1.43. The van der Waals surface area contributed by atoms with Crippen molar-refractivity contribution in [1.29, 1.82) is 0 Å². The number of halogens is 1. The van der Waals surface area contributed by atoms with E-state index in [1.165, 1.54) is 6.07 Å². The molecule has 6 heteroatoms. The minimum Gasteiger partial charge on any atom is -0.506 e. The second kappa shape index (κ2) is 5.37. The second-order valence-corrected chi connectivity index (χ2v) is 4.34. The first-order valence-corrected chi connectivity index (χ1v) is 5.82. The highest BCUT2D eigenvalue weighted by atomic mass is 35.5. The van der Waals surface area contributed by atoms with Crippen molar-refractivity contribution in [2.75, 3.05) is 7.11 Å². The van der Waals surface area contributed by atoms with Crippen LogP contribution in [0.3, 0.4) is 0 Å². The number of ether oxygens (including phenoxy) is 1. The van der Waals surface area contributed by atoms with E-state index >= 15 is 0 Å². The Labute approximate surface area is 109 Å². The molecular formula is C12H13ClN2O3. The molecule has 0 fully saturated rings. The van der Waals surface area contributed by atoms with Crippen LogP contribution >= 0.6 is 11.6 Å². The number of methoxy groups -OCH3 is 1. The van der Waals surface area contributed by atoms with Crippen molar-refractivity contribution >= 4 is 11.6 Å². The van der Waals surface area contributed by atoms with Gasteiger partial charge in [-0.2, -0.15) is 4.98 Å². The average Bonchev–Trinajstić information content (AvgIpc) is 2.81. The number of aromatic hydroxyl groups is 1. The molecule has 5 nitrogen and oxygen atoms in total. The molecule has 0 amide bonds. The first-order valence-electron chi connectivity index (χ1n) is 5.44. The molecule has 1 aromatic carbocycles. The third-order valence-corrected chi connectivity index (χ3v) is 2.84. The number of benzene rings is 1. The lowest BCUT2D eigenvalue weighted by Gasteiger charge is -2.03. The van der Waals surface area contributed by atoms with Crippen LogP contribution in [0.25, 0.3) is 11.5 Å². The first-order chi connectivity index (χ1) is 8.60. The van der Waals surface area contributed by atoms with Gasteiger partial charge in [-0.15, -0.1) is 0 Å². The molecule has 2 aromatic rings. The number of phenols is 1. The highest BCUT2D eigenvalue weighted by Gasteiger charge is 2.12. The van der Waals surface area contributed by atoms with Crippen LogP contribution in [-0.4, -0.2) is 28.5 Å². The van der Waals surface area contributed by atoms with E-state index in [-0.39, 0.29) is 16.9 Å². The molecule has 1 unspecified atom stereocenters. The van der Waals surface area contributed by atoms with Gasteiger partial charge in [-0.25, -0.2) is 0 Å². The monoisotopic (exact) mass is 268 g/mol. The zero-order valence-electron chi connectivity index (χ0n) is 10.1. The summed E-state index contributed by atoms with van der Waals surface area (Å²) in [5.74, 6) is 0.965. The molecule has 0 radical (unpaired) electrons. The van der Waals surface area contributed by atoms with Crippen LogP contribution in [0.1, 0.15) is 12.7 Å². The Balaban J connectivity index is 2.21. The number of rotatable bonds is 4. The highest BCUT2D eigenvalue weighted by Crippen LogP contribution is 2.28. The molecule has 0 aliphatic carbocycles. The van der Waals surface area contributed by atoms with Crippen LogP contribution in [0.5, 0.6) is 5.75 Å². The molecule has 1 aromatic heterocycles. The lowest BCUT2D eigenvalue weighted by Crippen LogP contribution is -2.09. The zero-order valence-corrected chi connectivity index (χ0v) is 10.8. The lowest BCUT2D eigenvalue weighted by molar-refractivity contribution is 0.116. The molecular weight excluding hydrogens is 256 g/mol. The third-order valence-electron chi connectivity index (χ3n) is 2.54. The molecule has 1 heterocycles. The predicted octanol–water partition coefficient (Wildman–Crippen LogP) is 2.67. The molecule has 2 rings (SSSR count). The molecule has 0 aliphatic rings. The summed E-state index contributed by atoms with van der Waals surface area (Å²) in [5, 5.41) is 13.4. The lowest BCUT2D eigenvalue weighted by atomic mass is 10.2. The van der Waals surface area contributed by atoms with E-state index in [0.29, 0.717) is 23.7 Å². The Morgan fingerprint density at radius 3 is 2.94 bits per heavy atom. The SMILES string of the molecule is COC(C)Cc1noc(-c2ccc(O)c(Cl)c2)n1. The summed E-state index contributed by atoms with van der Waals surface area (Å²) in [6, 6.07) is 4.73. The van der Waals surface area contributed by atoms with Crippen molar-refractivity contribution in [2.45, 2.75) is 19.4 Å². The van der Waals surface area contributed by atoms with E-state index in [1.54, 1.807) is 19.2 Å². The van der Waals surface area contributed by atoms with Gasteiger partial charge in [-0.05, 0) is 25.1 Å². The summed E-state index contributed by atoms with van der Waals surface area (Å²) >= 11 is 5.82. The van der Waals surface area contributed by atoms with E-state index < -0.39 is 0 Å². The molecule has 18 heavy (non-hydrogen) atoms. The van der Waals surface area contributed by atoms with Crippen molar-refractivity contribution < 1.29 is 14.4 Å². The van der Waals surface area contributed by atoms with Gasteiger partial charge in [-0.3, -0.25) is 0 Å². The number of aromatic nitrogens is 2. The van der Waals surface area contributed by atoms with Gasteiger partial charge >= 0.3 is 0 Å². The minimum absolute atomic E-state index is 0.0214. The van der Waals surface area contributed by atoms with Crippen LogP contribution in [0.2, 0.25) is 5.02 Å². The normalized spacial score (nSPS) is 12.6. The Hall–Kier alpha value is -1.59. The van der Waals surface area contributed by atoms with Gasteiger partial charge in [0.15, 0.2) is 5.82 Å². The van der Waals surface area contributed by atoms with Gasteiger partial charge in [-0.1, -0.05) is 16.8 Å². The maximum Gasteiger partial charge on any atom is 0.257 e. The van der Waals surface area contributed by atoms with E-state index in [4.69, 9.17) is 20.9 Å². The van der Waals surface area contributed by atoms with Crippen molar-refractivity contribution in [3.05, 3.63) is 29.0 Å². The molecule has 96 valence electrons. The molecule has 1 N–H and O–H groups in total. The third kappa shape index (κ3) is 2.80. The Kier molecular flexibility index (Phi) is 3.84. The predicted molar refractivity (Wildman–Crippen MR) is 66.6 cm³/mol. The van der Waals surface area contributed by atoms with Gasteiger partial charge in [0, 0.05) is 19.1 Å². The van der Waals surface area contributed by atoms with Crippen LogP contribution in [0.4, 0.5) is 0 Å². The molecule has 1 atom stereocenters. The summed E-state index contributed by atoms with van der Waals surface area (Å²) in [6.07, 6.45) is 0.602. The largest absolute Gasteiger partial charge is 0.506 e. The first kappa shape index (κ1) is 12.9. The van der Waals surface area contributed by atoms with Crippen LogP contribution < -0.4 is 0 Å². The van der Waals surface area contributed by atoms with Crippen LogP contribution in [-0.2, 0) is 11.2 Å². The van der Waals surface area contributed by atoms with Crippen molar-refractivity contribution in [3.63, 3.8) is 0 Å². The summed E-state index contributed by atoms with van der Waals surface area (Å²) in [4.78, 5) is 4.24. The molecule has 0 aliphatic heterocycles. The van der Waals surface area contributed by atoms with Crippen LogP contribution in [0.15, 0.2) is 22.7 Å². The highest BCUT2D eigenvalue weighted by molar-refractivity contribution is 6.32. The topological polar surface area (TPSA) is 68.4 Å². The van der Waals surface area contributed by atoms with Gasteiger partial charge in [0.2, 0.25) is 0 Å². The number of nitrogens with zero attached hydrogens (tertiary/aromatic N) is 2. The second-order valence-electron chi connectivity index (χ2n) is 3.93. The van der Waals surface area contributed by atoms with Crippen molar-refractivity contribution in [1.82, 2.24) is 10.1 Å². The van der Waals surface area contributed by atoms with Crippen LogP contribution in [0, 0.1) is 0 Å². The van der Waals surface area contributed by atoms with E-state index in [2.05, 4.69) is 10.1 Å². The summed E-state index contributed by atoms with van der Waals surface area (Å²) in [5.41, 5.74) is 0.668. The van der Waals surface area contributed by atoms with Gasteiger partial charge < -0.3 is 14.4 Å². The molecule has 0 spiro atoms. The maximum absolute atomic E-state index is 9.33. The minimum atomic E-state index is 0.0214. The van der Waals surface area contributed by atoms with Crippen molar-refractivity contribution in [3.8, 4) is 17.2 Å². The number of hydrogen-bond donors (Lipinski definition) is 1. The Morgan fingerprint density at radius 1 is 1.50 bits per heavy atom. The number of phenolic OH excluding ortho intramolecular Hbond substituents is 1. The fraction of sp³-hybridized carbons (Fsp3) is 0.333. The molecule has 0 bridgehead atoms. The number of hydrogen-bond acceptors (Lipinski definition) is 5. The Bertz CT molecular complexity index is 542. The maximum atomic E-state index is 9.33. The molecule has 0 saturated heterocycles. The quantitative estimate of drug-likeness (QED) is 0.923. The average molecular weight is 269 g/mol. The smallest absolute Gasteiger partial charge is 0.257 e. The fourth-order valence-corrected chi connectivity index (χ4v) is 1.62. The Morgan fingerprint density at radius 2 is 2.28 bits per heavy atom. The van der Waals surface area contributed by atoms with Gasteiger partial charge in [0.25, 0.3) is 5.89 Å². The van der Waals surface area contributed by atoms with E-state index in [9.17, 15) is 5.11 Å².